The maximum absolute atomic E-state index is 12.8. The number of carboxylic acids is 1. The fraction of sp³-hybridized carbons (Fsp3) is 0.682. The SMILES string of the molecule is C[C@H](NC(=O)[C@H](CO)NC(=O)[C@H](C)NC(=O)[C@H](CCC(N)=O)NC(=O)[C@H](CO)NC(=O)[C@@H]1CCCN1)C(=O)O. The minimum atomic E-state index is -1.52. The molecule has 6 amide bonds. The lowest BCUT2D eigenvalue weighted by Crippen LogP contribution is -2.59. The van der Waals surface area contributed by atoms with E-state index in [0.29, 0.717) is 13.0 Å². The second kappa shape index (κ2) is 16.2. The van der Waals surface area contributed by atoms with Gasteiger partial charge in [0.1, 0.15) is 30.2 Å². The van der Waals surface area contributed by atoms with Gasteiger partial charge in [-0.1, -0.05) is 0 Å². The van der Waals surface area contributed by atoms with Gasteiger partial charge in [0.2, 0.25) is 35.4 Å². The molecule has 0 saturated carbocycles. The molecule has 1 fully saturated rings. The molecule has 1 saturated heterocycles. The molecule has 0 aromatic rings. The Morgan fingerprint density at radius 1 is 0.795 bits per heavy atom. The predicted molar refractivity (Wildman–Crippen MR) is 132 cm³/mol. The summed E-state index contributed by atoms with van der Waals surface area (Å²) in [5.41, 5.74) is 5.14. The molecule has 0 aliphatic carbocycles. The van der Waals surface area contributed by atoms with Gasteiger partial charge in [-0.05, 0) is 39.7 Å². The van der Waals surface area contributed by atoms with Crippen molar-refractivity contribution in [1.82, 2.24) is 31.9 Å². The molecule has 0 aromatic heterocycles. The highest BCUT2D eigenvalue weighted by molar-refractivity contribution is 5.96. The van der Waals surface area contributed by atoms with Crippen LogP contribution in [0.4, 0.5) is 0 Å². The Morgan fingerprint density at radius 3 is 1.82 bits per heavy atom. The molecule has 39 heavy (non-hydrogen) atoms. The quantitative estimate of drug-likeness (QED) is 0.0851. The second-order valence-corrected chi connectivity index (χ2v) is 9.00. The number of aliphatic hydroxyl groups is 2. The molecule has 17 heteroatoms. The van der Waals surface area contributed by atoms with Gasteiger partial charge in [-0.3, -0.25) is 33.6 Å². The molecule has 0 unspecified atom stereocenters. The average molecular weight is 560 g/mol. The van der Waals surface area contributed by atoms with Crippen molar-refractivity contribution in [2.24, 2.45) is 5.73 Å². The molecular weight excluding hydrogens is 522 g/mol. The van der Waals surface area contributed by atoms with Crippen LogP contribution in [-0.4, -0.2) is 113 Å². The number of hydrogen-bond donors (Lipinski definition) is 10. The number of primary amides is 1. The van der Waals surface area contributed by atoms with Gasteiger partial charge in [0.15, 0.2) is 0 Å². The van der Waals surface area contributed by atoms with Gasteiger partial charge in [0.05, 0.1) is 19.3 Å². The summed E-state index contributed by atoms with van der Waals surface area (Å²) in [6.07, 6.45) is 0.717. The summed E-state index contributed by atoms with van der Waals surface area (Å²) in [5, 5.41) is 42.1. The van der Waals surface area contributed by atoms with Crippen LogP contribution in [0.1, 0.15) is 39.5 Å². The van der Waals surface area contributed by atoms with E-state index >= 15 is 0 Å². The van der Waals surface area contributed by atoms with Crippen LogP contribution in [0.15, 0.2) is 0 Å². The van der Waals surface area contributed by atoms with E-state index in [1.54, 1.807) is 0 Å². The number of carbonyl (C=O) groups excluding carboxylic acids is 6. The van der Waals surface area contributed by atoms with E-state index in [2.05, 4.69) is 31.9 Å². The van der Waals surface area contributed by atoms with Crippen LogP contribution in [0, 0.1) is 0 Å². The Hall–Kier alpha value is -3.83. The molecule has 1 rings (SSSR count). The zero-order valence-corrected chi connectivity index (χ0v) is 21.7. The average Bonchev–Trinajstić information content (AvgIpc) is 3.42. The van der Waals surface area contributed by atoms with Crippen molar-refractivity contribution in [3.63, 3.8) is 0 Å². The van der Waals surface area contributed by atoms with E-state index in [9.17, 15) is 43.8 Å². The molecule has 6 atom stereocenters. The molecule has 0 radical (unpaired) electrons. The first kappa shape index (κ1) is 33.2. The first-order valence-electron chi connectivity index (χ1n) is 12.3. The lowest BCUT2D eigenvalue weighted by atomic mass is 10.1. The van der Waals surface area contributed by atoms with E-state index in [4.69, 9.17) is 10.8 Å². The topological polar surface area (TPSA) is 278 Å². The first-order chi connectivity index (χ1) is 18.3. The summed E-state index contributed by atoms with van der Waals surface area (Å²) in [7, 11) is 0. The smallest absolute Gasteiger partial charge is 0.325 e. The summed E-state index contributed by atoms with van der Waals surface area (Å²) in [5.74, 6) is -6.37. The van der Waals surface area contributed by atoms with Crippen molar-refractivity contribution in [1.29, 1.82) is 0 Å². The zero-order chi connectivity index (χ0) is 29.7. The molecule has 17 nitrogen and oxygen atoms in total. The van der Waals surface area contributed by atoms with Gasteiger partial charge in [0, 0.05) is 6.42 Å². The zero-order valence-electron chi connectivity index (χ0n) is 21.7. The molecule has 0 bridgehead atoms. The van der Waals surface area contributed by atoms with Crippen LogP contribution in [0.2, 0.25) is 0 Å². The molecule has 220 valence electrons. The lowest BCUT2D eigenvalue weighted by Gasteiger charge is -2.25. The maximum atomic E-state index is 12.8. The third kappa shape index (κ3) is 11.2. The van der Waals surface area contributed by atoms with Gasteiger partial charge in [-0.15, -0.1) is 0 Å². The molecule has 1 aliphatic heterocycles. The van der Waals surface area contributed by atoms with Crippen molar-refractivity contribution in [2.45, 2.75) is 75.8 Å². The van der Waals surface area contributed by atoms with Crippen molar-refractivity contribution in [2.75, 3.05) is 19.8 Å². The highest BCUT2D eigenvalue weighted by Gasteiger charge is 2.31. The number of rotatable bonds is 16. The number of carbonyl (C=O) groups is 7. The van der Waals surface area contributed by atoms with Gasteiger partial charge >= 0.3 is 5.97 Å². The number of aliphatic carboxylic acids is 1. The Labute approximate surface area is 224 Å². The van der Waals surface area contributed by atoms with Crippen molar-refractivity contribution in [3.8, 4) is 0 Å². The predicted octanol–water partition coefficient (Wildman–Crippen LogP) is -5.46. The molecule has 1 heterocycles. The summed E-state index contributed by atoms with van der Waals surface area (Å²) in [4.78, 5) is 84.6. The number of nitrogens with one attached hydrogen (secondary N) is 6. The monoisotopic (exact) mass is 559 g/mol. The number of hydrogen-bond acceptors (Lipinski definition) is 10. The minimum absolute atomic E-state index is 0.272. The highest BCUT2D eigenvalue weighted by atomic mass is 16.4. The van der Waals surface area contributed by atoms with Gasteiger partial charge in [0.25, 0.3) is 0 Å². The van der Waals surface area contributed by atoms with Gasteiger partial charge in [-0.25, -0.2) is 0 Å². The van der Waals surface area contributed by atoms with Crippen LogP contribution in [0.3, 0.4) is 0 Å². The minimum Gasteiger partial charge on any atom is -0.480 e. The number of carboxylic acid groups (broad SMARTS) is 1. The van der Waals surface area contributed by atoms with Crippen molar-refractivity contribution in [3.05, 3.63) is 0 Å². The molecule has 0 aromatic carbocycles. The Balaban J connectivity index is 2.82. The molecule has 11 N–H and O–H groups in total. The third-order valence-corrected chi connectivity index (χ3v) is 5.80. The standard InChI is InChI=1S/C22H37N7O10/c1-10(17(33)28-14(8-30)20(36)26-11(2)22(38)39)25-19(35)13(5-6-16(23)32)27-21(37)15(9-31)29-18(34)12-4-3-7-24-12/h10-15,24,30-31H,3-9H2,1-2H3,(H2,23,32)(H,25,35)(H,26,36)(H,27,37)(H,28,33)(H,29,34)(H,38,39)/t10-,11-,12-,13-,14-,15-/m0/s1. The highest BCUT2D eigenvalue weighted by Crippen LogP contribution is 2.06. The summed E-state index contributed by atoms with van der Waals surface area (Å²) in [6, 6.07) is -7.46. The summed E-state index contributed by atoms with van der Waals surface area (Å²) in [6.45, 7) is 1.39. The van der Waals surface area contributed by atoms with Crippen LogP contribution < -0.4 is 37.6 Å². The number of amides is 6. The lowest BCUT2D eigenvalue weighted by molar-refractivity contribution is -0.142. The Bertz CT molecular complexity index is 925. The van der Waals surface area contributed by atoms with Crippen LogP contribution in [-0.2, 0) is 33.6 Å². The van der Waals surface area contributed by atoms with Crippen LogP contribution >= 0.6 is 0 Å². The normalized spacial score (nSPS) is 18.4. The van der Waals surface area contributed by atoms with Gasteiger partial charge in [-0.2, -0.15) is 0 Å². The van der Waals surface area contributed by atoms with Crippen molar-refractivity contribution < 1.29 is 48.9 Å². The van der Waals surface area contributed by atoms with Crippen LogP contribution in [0.25, 0.3) is 0 Å². The van der Waals surface area contributed by atoms with Crippen LogP contribution in [0.5, 0.6) is 0 Å². The van der Waals surface area contributed by atoms with Gasteiger partial charge < -0.3 is 53.0 Å². The molecule has 0 spiro atoms. The fourth-order valence-electron chi connectivity index (χ4n) is 3.45. The van der Waals surface area contributed by atoms with E-state index < -0.39 is 90.9 Å². The third-order valence-electron chi connectivity index (χ3n) is 5.80. The summed E-state index contributed by atoms with van der Waals surface area (Å²) < 4.78 is 0. The van der Waals surface area contributed by atoms with Crippen molar-refractivity contribution >= 4 is 41.4 Å². The second-order valence-electron chi connectivity index (χ2n) is 9.00. The van der Waals surface area contributed by atoms with E-state index in [-0.39, 0.29) is 12.8 Å². The van der Waals surface area contributed by atoms with E-state index in [1.165, 1.54) is 13.8 Å². The Kier molecular flexibility index (Phi) is 13.8. The van der Waals surface area contributed by atoms with E-state index in [0.717, 1.165) is 6.42 Å². The number of nitrogens with two attached hydrogens (primary N) is 1. The molecular formula is C22H37N7O10. The largest absolute Gasteiger partial charge is 0.480 e. The van der Waals surface area contributed by atoms with E-state index in [1.807, 2.05) is 0 Å². The Morgan fingerprint density at radius 2 is 1.31 bits per heavy atom. The molecule has 1 aliphatic rings. The number of aliphatic hydroxyl groups excluding tert-OH is 2. The fourth-order valence-corrected chi connectivity index (χ4v) is 3.45. The first-order valence-corrected chi connectivity index (χ1v) is 12.3. The maximum Gasteiger partial charge on any atom is 0.325 e. The summed E-state index contributed by atoms with van der Waals surface area (Å²) >= 11 is 0.